The van der Waals surface area contributed by atoms with Gasteiger partial charge in [-0.05, 0) is 46.1 Å². The van der Waals surface area contributed by atoms with Gasteiger partial charge in [-0.15, -0.1) is 5.10 Å². The Bertz CT molecular complexity index is 702. The molecule has 0 atom stereocenters. The third-order valence-electron chi connectivity index (χ3n) is 2.78. The smallest absolute Gasteiger partial charge is 0.180 e. The molecule has 0 fully saturated rings. The summed E-state index contributed by atoms with van der Waals surface area (Å²) >= 11 is 11.1. The van der Waals surface area contributed by atoms with Crippen LogP contribution in [0.5, 0.6) is 0 Å². The number of rotatable bonds is 4. The van der Waals surface area contributed by atoms with Gasteiger partial charge in [0, 0.05) is 15.8 Å². The van der Waals surface area contributed by atoms with Gasteiger partial charge < -0.3 is 5.73 Å². The average Bonchev–Trinajstić information content (AvgIpc) is 2.51. The SMILES string of the molecule is Cc1cc(Br)c(Cl)c(C=NN=C(N)SCc2ccccc2)c1. The third-order valence-corrected chi connectivity index (χ3v) is 4.91. The lowest BCUT2D eigenvalue weighted by Gasteiger charge is -2.02. The van der Waals surface area contributed by atoms with E-state index in [2.05, 4.69) is 26.1 Å². The number of aryl methyl sites for hydroxylation is 1. The molecule has 6 heteroatoms. The summed E-state index contributed by atoms with van der Waals surface area (Å²) < 4.78 is 0.839. The Kier molecular flexibility index (Phi) is 6.49. The highest BCUT2D eigenvalue weighted by molar-refractivity contribution is 9.10. The minimum Gasteiger partial charge on any atom is -0.377 e. The van der Waals surface area contributed by atoms with E-state index in [1.807, 2.05) is 49.4 Å². The third kappa shape index (κ3) is 5.16. The van der Waals surface area contributed by atoms with E-state index in [1.165, 1.54) is 17.3 Å². The van der Waals surface area contributed by atoms with Gasteiger partial charge >= 0.3 is 0 Å². The predicted molar refractivity (Wildman–Crippen MR) is 101 cm³/mol. The van der Waals surface area contributed by atoms with Crippen LogP contribution in [0.4, 0.5) is 0 Å². The van der Waals surface area contributed by atoms with Gasteiger partial charge in [-0.2, -0.15) is 5.10 Å². The maximum atomic E-state index is 6.20. The van der Waals surface area contributed by atoms with E-state index in [1.54, 1.807) is 6.21 Å². The Morgan fingerprint density at radius 3 is 2.77 bits per heavy atom. The fourth-order valence-corrected chi connectivity index (χ4v) is 3.11. The zero-order chi connectivity index (χ0) is 15.9. The molecular formula is C16H15BrClN3S. The molecule has 0 radical (unpaired) electrons. The first-order valence-corrected chi connectivity index (χ1v) is 8.71. The number of halogens is 2. The fraction of sp³-hybridized carbons (Fsp3) is 0.125. The standard InChI is InChI=1S/C16H15BrClN3S/c1-11-7-13(15(18)14(17)8-11)9-20-21-16(19)22-10-12-5-3-2-4-6-12/h2-9H,10H2,1H3,(H2,19,21). The summed E-state index contributed by atoms with van der Waals surface area (Å²) in [6.07, 6.45) is 1.61. The van der Waals surface area contributed by atoms with Crippen LogP contribution >= 0.6 is 39.3 Å². The number of thioether (sulfide) groups is 1. The number of nitrogens with zero attached hydrogens (tertiary/aromatic N) is 2. The van der Waals surface area contributed by atoms with Crippen molar-refractivity contribution in [3.8, 4) is 0 Å². The van der Waals surface area contributed by atoms with Crippen LogP contribution in [0.25, 0.3) is 0 Å². The Hall–Kier alpha value is -1.30. The summed E-state index contributed by atoms with van der Waals surface area (Å²) in [5, 5.41) is 9.03. The van der Waals surface area contributed by atoms with Gasteiger partial charge in [-0.3, -0.25) is 0 Å². The average molecular weight is 397 g/mol. The summed E-state index contributed by atoms with van der Waals surface area (Å²) in [5.74, 6) is 0.766. The molecule has 2 rings (SSSR count). The summed E-state index contributed by atoms with van der Waals surface area (Å²) in [4.78, 5) is 0. The molecule has 0 spiro atoms. The minimum absolute atomic E-state index is 0.419. The molecule has 0 aliphatic rings. The second-order valence-electron chi connectivity index (χ2n) is 4.61. The molecule has 22 heavy (non-hydrogen) atoms. The molecule has 0 aliphatic carbocycles. The number of hydrogen-bond acceptors (Lipinski definition) is 3. The Morgan fingerprint density at radius 2 is 2.05 bits per heavy atom. The zero-order valence-electron chi connectivity index (χ0n) is 12.0. The van der Waals surface area contributed by atoms with E-state index in [0.29, 0.717) is 10.2 Å². The highest BCUT2D eigenvalue weighted by Crippen LogP contribution is 2.26. The highest BCUT2D eigenvalue weighted by atomic mass is 79.9. The van der Waals surface area contributed by atoms with Crippen molar-refractivity contribution in [2.75, 3.05) is 0 Å². The monoisotopic (exact) mass is 395 g/mol. The van der Waals surface area contributed by atoms with Crippen LogP contribution in [0.3, 0.4) is 0 Å². The van der Waals surface area contributed by atoms with Crippen LogP contribution in [-0.4, -0.2) is 11.4 Å². The van der Waals surface area contributed by atoms with Crippen LogP contribution in [0.2, 0.25) is 5.02 Å². The minimum atomic E-state index is 0.419. The molecule has 2 N–H and O–H groups in total. The lowest BCUT2D eigenvalue weighted by molar-refractivity contribution is 1.25. The van der Waals surface area contributed by atoms with Crippen molar-refractivity contribution in [3.63, 3.8) is 0 Å². The molecule has 0 aliphatic heterocycles. The van der Waals surface area contributed by atoms with Crippen LogP contribution in [0.15, 0.2) is 57.1 Å². The molecule has 0 amide bonds. The lowest BCUT2D eigenvalue weighted by Crippen LogP contribution is -2.06. The maximum absolute atomic E-state index is 6.20. The Balaban J connectivity index is 1.98. The van der Waals surface area contributed by atoms with Crippen LogP contribution in [0, 0.1) is 6.92 Å². The largest absolute Gasteiger partial charge is 0.377 e. The molecule has 0 unspecified atom stereocenters. The van der Waals surface area contributed by atoms with Crippen molar-refractivity contribution in [1.29, 1.82) is 0 Å². The van der Waals surface area contributed by atoms with Crippen molar-refractivity contribution in [3.05, 3.63) is 68.7 Å². The number of nitrogens with two attached hydrogens (primary N) is 1. The zero-order valence-corrected chi connectivity index (χ0v) is 15.1. The van der Waals surface area contributed by atoms with Gasteiger partial charge in [-0.25, -0.2) is 0 Å². The first-order valence-electron chi connectivity index (χ1n) is 6.55. The van der Waals surface area contributed by atoms with Crippen LogP contribution < -0.4 is 5.73 Å². The predicted octanol–water partition coefficient (Wildman–Crippen LogP) is 4.99. The first kappa shape index (κ1) is 17.1. The molecule has 0 heterocycles. The molecule has 114 valence electrons. The van der Waals surface area contributed by atoms with Gasteiger partial charge in [0.05, 0.1) is 11.2 Å². The maximum Gasteiger partial charge on any atom is 0.180 e. The second kappa shape index (κ2) is 8.36. The van der Waals surface area contributed by atoms with E-state index in [9.17, 15) is 0 Å². The normalized spacial score (nSPS) is 12.0. The van der Waals surface area contributed by atoms with Crippen molar-refractivity contribution < 1.29 is 0 Å². The van der Waals surface area contributed by atoms with Crippen molar-refractivity contribution in [2.45, 2.75) is 12.7 Å². The van der Waals surface area contributed by atoms with E-state index in [-0.39, 0.29) is 0 Å². The Morgan fingerprint density at radius 1 is 1.32 bits per heavy atom. The molecule has 0 aromatic heterocycles. The molecule has 3 nitrogen and oxygen atoms in total. The topological polar surface area (TPSA) is 50.7 Å². The summed E-state index contributed by atoms with van der Waals surface area (Å²) in [6, 6.07) is 14.0. The van der Waals surface area contributed by atoms with Crippen LogP contribution in [-0.2, 0) is 5.75 Å². The number of hydrogen-bond donors (Lipinski definition) is 1. The lowest BCUT2D eigenvalue weighted by atomic mass is 10.1. The molecule has 0 bridgehead atoms. The van der Waals surface area contributed by atoms with E-state index >= 15 is 0 Å². The van der Waals surface area contributed by atoms with E-state index in [0.717, 1.165) is 21.4 Å². The second-order valence-corrected chi connectivity index (χ2v) is 6.83. The van der Waals surface area contributed by atoms with Crippen molar-refractivity contribution >= 4 is 50.7 Å². The fourth-order valence-electron chi connectivity index (χ4n) is 1.75. The molecule has 0 saturated carbocycles. The summed E-state index contributed by atoms with van der Waals surface area (Å²) in [7, 11) is 0. The molecule has 0 saturated heterocycles. The van der Waals surface area contributed by atoms with Gasteiger partial charge in [-0.1, -0.05) is 53.7 Å². The van der Waals surface area contributed by atoms with Gasteiger partial charge in [0.2, 0.25) is 0 Å². The van der Waals surface area contributed by atoms with Gasteiger partial charge in [0.1, 0.15) is 0 Å². The number of benzene rings is 2. The number of amidine groups is 1. The van der Waals surface area contributed by atoms with E-state index in [4.69, 9.17) is 17.3 Å². The van der Waals surface area contributed by atoms with Gasteiger partial charge in [0.25, 0.3) is 0 Å². The summed E-state index contributed by atoms with van der Waals surface area (Å²) in [6.45, 7) is 1.99. The quantitative estimate of drug-likeness (QED) is 0.449. The Labute approximate surface area is 147 Å². The highest BCUT2D eigenvalue weighted by Gasteiger charge is 2.03. The van der Waals surface area contributed by atoms with Gasteiger partial charge in [0.15, 0.2) is 5.17 Å². The van der Waals surface area contributed by atoms with Crippen molar-refractivity contribution in [1.82, 2.24) is 0 Å². The molecular weight excluding hydrogens is 382 g/mol. The van der Waals surface area contributed by atoms with E-state index < -0.39 is 0 Å². The van der Waals surface area contributed by atoms with Crippen molar-refractivity contribution in [2.24, 2.45) is 15.9 Å². The first-order chi connectivity index (χ1) is 10.6. The summed E-state index contributed by atoms with van der Waals surface area (Å²) in [5.41, 5.74) is 8.93. The van der Waals surface area contributed by atoms with Crippen LogP contribution in [0.1, 0.15) is 16.7 Å². The molecule has 2 aromatic carbocycles. The molecule has 2 aromatic rings.